The molecule has 0 aromatic heterocycles. The molecule has 1 aliphatic rings. The van der Waals surface area contributed by atoms with Gasteiger partial charge in [-0.1, -0.05) is 57.9 Å². The third-order valence-electron chi connectivity index (χ3n) is 13.6. The fourth-order valence-electron chi connectivity index (χ4n) is 7.80. The van der Waals surface area contributed by atoms with E-state index < -0.39 is 216 Å². The third-order valence-corrected chi connectivity index (χ3v) is 13.6. The highest BCUT2D eigenvalue weighted by Gasteiger charge is 2.82. The maximum Gasteiger partial charge on any atom is 0.462 e. The van der Waals surface area contributed by atoms with Gasteiger partial charge in [0.25, 0.3) is 0 Å². The second-order valence-electron chi connectivity index (χ2n) is 21.9. The first-order valence-corrected chi connectivity index (χ1v) is 26.9. The van der Waals surface area contributed by atoms with E-state index in [0.717, 1.165) is 19.1 Å². The smallest absolute Gasteiger partial charge is 0.462 e. The van der Waals surface area contributed by atoms with Crippen molar-refractivity contribution in [3.63, 3.8) is 0 Å². The Hall–Kier alpha value is -4.68. The van der Waals surface area contributed by atoms with Gasteiger partial charge < -0.3 is 28.4 Å². The highest BCUT2D eigenvalue weighted by Crippen LogP contribution is 2.56. The number of aryl methyl sites for hydroxylation is 1. The van der Waals surface area contributed by atoms with Crippen molar-refractivity contribution in [1.82, 2.24) is 0 Å². The first kappa shape index (κ1) is 94.4. The van der Waals surface area contributed by atoms with Crippen molar-refractivity contribution in [3.05, 3.63) is 47.2 Å². The van der Waals surface area contributed by atoms with E-state index in [2.05, 4.69) is 37.9 Å². The normalized spacial score (nSPS) is 21.5. The number of rotatable bonds is 37. The van der Waals surface area contributed by atoms with Crippen LogP contribution in [0.4, 0.5) is 193 Å². The van der Waals surface area contributed by atoms with Crippen LogP contribution in [0, 0.1) is 5.92 Å². The maximum atomic E-state index is 15.3. The Morgan fingerprint density at radius 2 is 0.631 bits per heavy atom. The zero-order chi connectivity index (χ0) is 81.3. The molecule has 7 atom stereocenters. The Kier molecular flexibility index (Phi) is 28.5. The molecule has 2 rings (SSSR count). The Balaban J connectivity index is 3.13. The minimum absolute atomic E-state index is 0.148. The highest BCUT2D eigenvalue weighted by molar-refractivity contribution is 5.36. The molecule has 0 spiro atoms. The molecule has 54 heteroatoms. The van der Waals surface area contributed by atoms with Crippen molar-refractivity contribution in [1.29, 1.82) is 0 Å². The number of ether oxygens (including phenoxy) is 10. The number of unbranched alkanes of at least 4 members (excludes halogenated alkanes) is 2. The molecule has 608 valence electrons. The van der Waals surface area contributed by atoms with Crippen LogP contribution in [0.5, 0.6) is 0 Å². The van der Waals surface area contributed by atoms with Crippen LogP contribution in [0.2, 0.25) is 0 Å². The molecule has 10 nitrogen and oxygen atoms in total. The topological polar surface area (TPSA) is 92.3 Å². The molecule has 7 unspecified atom stereocenters. The second kappa shape index (κ2) is 31.1. The average Bonchev–Trinajstić information content (AvgIpc) is 0.774. The van der Waals surface area contributed by atoms with Gasteiger partial charge in [-0.3, -0.25) is 18.9 Å². The van der Waals surface area contributed by atoms with E-state index in [1.54, 1.807) is 6.92 Å². The van der Waals surface area contributed by atoms with Crippen LogP contribution in [0.1, 0.15) is 57.6 Å². The van der Waals surface area contributed by atoms with Crippen LogP contribution in [0.25, 0.3) is 0 Å². The summed E-state index contributed by atoms with van der Waals surface area (Å²) in [7, 11) is 0. The summed E-state index contributed by atoms with van der Waals surface area (Å²) < 4.78 is 641. The quantitative estimate of drug-likeness (QED) is 0.0474. The molecule has 0 saturated carbocycles. The molecule has 103 heavy (non-hydrogen) atoms. The molecular formula is C49H44F44O10. The third kappa shape index (κ3) is 21.6. The molecule has 1 aromatic carbocycles. The lowest BCUT2D eigenvalue weighted by Gasteiger charge is -2.42. The Bertz CT molecular complexity index is 2740. The Morgan fingerprint density at radius 3 is 0.874 bits per heavy atom. The van der Waals surface area contributed by atoms with Crippen molar-refractivity contribution in [2.75, 3.05) is 52.9 Å². The molecule has 0 aliphatic heterocycles. The lowest BCUT2D eigenvalue weighted by Crippen LogP contribution is -2.60. The molecule has 0 amide bonds. The zero-order valence-corrected chi connectivity index (χ0v) is 50.1. The number of benzene rings is 1. The van der Waals surface area contributed by atoms with Crippen LogP contribution in [0.15, 0.2) is 36.1 Å². The molecule has 1 aliphatic carbocycles. The van der Waals surface area contributed by atoms with Crippen LogP contribution < -0.4 is 0 Å². The lowest BCUT2D eigenvalue weighted by molar-refractivity contribution is -0.487. The van der Waals surface area contributed by atoms with E-state index in [9.17, 15) is 176 Å². The maximum absolute atomic E-state index is 15.3. The summed E-state index contributed by atoms with van der Waals surface area (Å²) in [5.74, 6) is -62.3. The predicted octanol–water partition coefficient (Wildman–Crippen LogP) is 18.9. The highest BCUT2D eigenvalue weighted by atomic mass is 19.5. The van der Waals surface area contributed by atoms with Crippen molar-refractivity contribution >= 4 is 0 Å². The van der Waals surface area contributed by atoms with Crippen molar-refractivity contribution in [2.24, 2.45) is 5.92 Å². The number of halogens is 44. The lowest BCUT2D eigenvalue weighted by atomic mass is 9.70. The summed E-state index contributed by atoms with van der Waals surface area (Å²) >= 11 is 0. The van der Waals surface area contributed by atoms with E-state index in [0.29, 0.717) is 37.8 Å². The van der Waals surface area contributed by atoms with Crippen LogP contribution in [-0.2, 0) is 59.2 Å². The molecule has 0 saturated heterocycles. The van der Waals surface area contributed by atoms with E-state index >= 15 is 17.6 Å². The van der Waals surface area contributed by atoms with E-state index in [4.69, 9.17) is 9.47 Å². The van der Waals surface area contributed by atoms with Crippen LogP contribution in [0.3, 0.4) is 0 Å². The minimum atomic E-state index is -7.86. The Morgan fingerprint density at radius 1 is 0.369 bits per heavy atom. The van der Waals surface area contributed by atoms with E-state index in [1.807, 2.05) is 0 Å². The number of hydrogen-bond donors (Lipinski definition) is 0. The fraction of sp³-hybridized carbons (Fsp3) is 0.837. The van der Waals surface area contributed by atoms with E-state index in [-0.39, 0.29) is 12.0 Å². The summed E-state index contributed by atoms with van der Waals surface area (Å²) in [5, 5.41) is 0. The molecule has 0 radical (unpaired) electrons. The van der Waals surface area contributed by atoms with Gasteiger partial charge in [0.05, 0.1) is 38.3 Å². The molecule has 0 heterocycles. The molecular weight excluding hydrogens is 1580 g/mol. The molecule has 0 N–H and O–H groups in total. The minimum Gasteiger partial charge on any atom is -0.490 e. The predicted molar refractivity (Wildman–Crippen MR) is 243 cm³/mol. The number of allylic oxidation sites excluding steroid dienone is 1. The molecule has 0 fully saturated rings. The molecule has 1 aromatic rings. The van der Waals surface area contributed by atoms with Gasteiger partial charge in [0.2, 0.25) is 0 Å². The summed E-state index contributed by atoms with van der Waals surface area (Å²) in [4.78, 5) is 0. The van der Waals surface area contributed by atoms with Gasteiger partial charge in [0.15, 0.2) is 0 Å². The van der Waals surface area contributed by atoms with E-state index in [1.165, 1.54) is 12.1 Å². The van der Waals surface area contributed by atoms with Gasteiger partial charge in [0.1, 0.15) is 38.6 Å². The summed E-state index contributed by atoms with van der Waals surface area (Å²) in [6.07, 6.45) is -99.5. The zero-order valence-electron chi connectivity index (χ0n) is 50.1. The van der Waals surface area contributed by atoms with Gasteiger partial charge in [-0.25, -0.2) is 0 Å². The van der Waals surface area contributed by atoms with Crippen LogP contribution >= 0.6 is 0 Å². The summed E-state index contributed by atoms with van der Waals surface area (Å²) in [5.41, 5.74) is -2.35. The summed E-state index contributed by atoms with van der Waals surface area (Å²) in [6.45, 7) is -21.7. The van der Waals surface area contributed by atoms with Gasteiger partial charge in [-0.2, -0.15) is 193 Å². The first-order valence-electron chi connectivity index (χ1n) is 26.9. The van der Waals surface area contributed by atoms with Crippen LogP contribution in [-0.4, -0.2) is 192 Å². The number of hydrogen-bond acceptors (Lipinski definition) is 10. The fourth-order valence-corrected chi connectivity index (χ4v) is 7.80. The SMILES string of the molecule is CCCCCc1ccc(C2(C)C=C(OC(COCC(F)(OC(F)(F)C(F)(F)C(F)(F)F)C(F)(F)F)COCC(F)(OC(F)(F)C(F)(F)C(F)(F)F)C(F)(F)F)C(C)C(OC(COCC(F)(OC(F)(F)C(F)(F)C(F)(F)F)C(F)(F)F)COCC(F)(OC(F)(F)C(F)(F)C(F)(F)F)C(F)(F)F)C2)cc1. The van der Waals surface area contributed by atoms with Crippen molar-refractivity contribution in [2.45, 2.75) is 198 Å². The van der Waals surface area contributed by atoms with Gasteiger partial charge in [-0.05, 0) is 36.5 Å². The monoisotopic (exact) mass is 1630 g/mol. The Labute approximate surface area is 544 Å². The molecule has 0 bridgehead atoms. The first-order chi connectivity index (χ1) is 45.3. The van der Waals surface area contributed by atoms with Gasteiger partial charge >= 0.3 is 121 Å². The average molecular weight is 1630 g/mol. The summed E-state index contributed by atoms with van der Waals surface area (Å²) in [6, 6.07) is 4.36. The number of alkyl halides is 44. The second-order valence-corrected chi connectivity index (χ2v) is 21.9. The standard InChI is InChI=1S/C49H44F44O10/c1-4-5-6-7-23-8-10-24(11-9-23)29(3)12-27(98-25(14-94-18-30(50,38(62,63)64)100-46(86,87)34(54,55)42(74,75)76)15-95-19-31(51,39(65,66)67)101-47(88,89)35(56,57)43(77,78)79)22(2)28(13-29)99-26(16-96-20-32(52,40(68,69)70)102-48(90,91)36(58,59)44(80,81)82)17-97-21-33(53,41(71,72)73)103-49(92,93)37(60,61)45(83,84)85/h8-12,22,25-26,28H,4-7,13-21H2,1-3H3. The largest absolute Gasteiger partial charge is 0.490 e. The van der Waals surface area contributed by atoms with Crippen molar-refractivity contribution < 1.29 is 241 Å². The van der Waals surface area contributed by atoms with Gasteiger partial charge in [-0.15, -0.1) is 0 Å². The van der Waals surface area contributed by atoms with Crippen molar-refractivity contribution in [3.8, 4) is 0 Å². The van der Waals surface area contributed by atoms with Gasteiger partial charge in [0, 0.05) is 11.3 Å².